The third-order valence-corrected chi connectivity index (χ3v) is 6.19. The molecule has 2 aromatic carbocycles. The Morgan fingerprint density at radius 2 is 1.91 bits per heavy atom. The Balaban J connectivity index is 1.82. The number of hydrogen-bond donors (Lipinski definition) is 3. The standard InChI is InChI=1S/C23H24ClN5O3S/c1-4-18(21(31)25-15-8-6-7-14(24)12-15)33-23-27-22(32)20(28-29-23)16-11-13(3)9-10-17(16)26-19(30)5-2/h6-12,18H,4-5H2,1-3H3,(H,25,31)(H,26,30)(H,27,29,32)/t18-/m1/s1. The van der Waals surface area contributed by atoms with Gasteiger partial charge in [-0.25, -0.2) is 0 Å². The van der Waals surface area contributed by atoms with E-state index in [9.17, 15) is 14.4 Å². The van der Waals surface area contributed by atoms with Crippen LogP contribution in [0.4, 0.5) is 11.4 Å². The van der Waals surface area contributed by atoms with E-state index in [0.29, 0.717) is 34.8 Å². The number of thioether (sulfide) groups is 1. The predicted octanol–water partition coefficient (Wildman–Crippen LogP) is 4.65. The molecule has 0 saturated heterocycles. The van der Waals surface area contributed by atoms with Crippen LogP contribution in [0.1, 0.15) is 32.3 Å². The Labute approximate surface area is 200 Å². The monoisotopic (exact) mass is 485 g/mol. The molecule has 0 unspecified atom stereocenters. The number of H-pyrrole nitrogens is 1. The minimum Gasteiger partial charge on any atom is -0.325 e. The largest absolute Gasteiger partial charge is 0.325 e. The number of hydrogen-bond acceptors (Lipinski definition) is 6. The summed E-state index contributed by atoms with van der Waals surface area (Å²) in [6.45, 7) is 5.49. The fraction of sp³-hybridized carbons (Fsp3) is 0.261. The molecule has 0 aliphatic rings. The van der Waals surface area contributed by atoms with E-state index >= 15 is 0 Å². The second-order valence-corrected chi connectivity index (χ2v) is 8.90. The quantitative estimate of drug-likeness (QED) is 0.400. The lowest BCUT2D eigenvalue weighted by Gasteiger charge is -2.14. The molecule has 10 heteroatoms. The van der Waals surface area contributed by atoms with E-state index in [1.807, 2.05) is 19.9 Å². The van der Waals surface area contributed by atoms with Crippen molar-refractivity contribution in [2.24, 2.45) is 0 Å². The average Bonchev–Trinajstić information content (AvgIpc) is 2.78. The Morgan fingerprint density at radius 3 is 2.58 bits per heavy atom. The van der Waals surface area contributed by atoms with Crippen molar-refractivity contribution in [3.63, 3.8) is 0 Å². The number of amides is 2. The van der Waals surface area contributed by atoms with Gasteiger partial charge >= 0.3 is 0 Å². The zero-order valence-corrected chi connectivity index (χ0v) is 20.0. The molecule has 3 aromatic rings. The van der Waals surface area contributed by atoms with Gasteiger partial charge in [-0.05, 0) is 43.7 Å². The van der Waals surface area contributed by atoms with E-state index in [1.54, 1.807) is 43.3 Å². The molecule has 1 heterocycles. The van der Waals surface area contributed by atoms with Gasteiger partial charge in [0.1, 0.15) is 0 Å². The summed E-state index contributed by atoms with van der Waals surface area (Å²) in [6.07, 6.45) is 0.814. The fourth-order valence-electron chi connectivity index (χ4n) is 3.00. The first-order valence-corrected chi connectivity index (χ1v) is 11.7. The summed E-state index contributed by atoms with van der Waals surface area (Å²) in [5, 5.41) is 14.1. The van der Waals surface area contributed by atoms with Crippen LogP contribution in [-0.4, -0.2) is 32.2 Å². The molecule has 172 valence electrons. The maximum absolute atomic E-state index is 12.8. The summed E-state index contributed by atoms with van der Waals surface area (Å²) in [6, 6.07) is 12.2. The van der Waals surface area contributed by atoms with Gasteiger partial charge in [0.2, 0.25) is 11.8 Å². The normalized spacial score (nSPS) is 11.6. The minimum atomic E-state index is -0.502. The summed E-state index contributed by atoms with van der Waals surface area (Å²) in [7, 11) is 0. The number of carbonyl (C=O) groups is 2. The minimum absolute atomic E-state index is 0.0888. The van der Waals surface area contributed by atoms with Gasteiger partial charge in [-0.3, -0.25) is 19.4 Å². The highest BCUT2D eigenvalue weighted by molar-refractivity contribution is 8.00. The van der Waals surface area contributed by atoms with Gasteiger partial charge in [0.05, 0.1) is 10.9 Å². The molecular formula is C23H24ClN5O3S. The van der Waals surface area contributed by atoms with Crippen molar-refractivity contribution in [3.05, 3.63) is 63.4 Å². The smallest absolute Gasteiger partial charge is 0.278 e. The second kappa shape index (κ2) is 11.1. The summed E-state index contributed by atoms with van der Waals surface area (Å²) < 4.78 is 0. The van der Waals surface area contributed by atoms with Crippen LogP contribution < -0.4 is 16.2 Å². The third-order valence-electron chi connectivity index (χ3n) is 4.71. The number of anilines is 2. The number of carbonyl (C=O) groups excluding carboxylic acids is 2. The van der Waals surface area contributed by atoms with Gasteiger partial charge < -0.3 is 10.6 Å². The first-order chi connectivity index (χ1) is 15.8. The van der Waals surface area contributed by atoms with Gasteiger partial charge in [0.25, 0.3) is 5.56 Å². The van der Waals surface area contributed by atoms with E-state index in [1.165, 1.54) is 0 Å². The Kier molecular flexibility index (Phi) is 8.24. The zero-order valence-electron chi connectivity index (χ0n) is 18.4. The molecule has 0 radical (unpaired) electrons. The van der Waals surface area contributed by atoms with E-state index in [-0.39, 0.29) is 22.7 Å². The lowest BCUT2D eigenvalue weighted by Crippen LogP contribution is -2.25. The van der Waals surface area contributed by atoms with Gasteiger partial charge in [0.15, 0.2) is 10.9 Å². The number of aryl methyl sites for hydroxylation is 1. The van der Waals surface area contributed by atoms with Gasteiger partial charge in [0, 0.05) is 22.7 Å². The van der Waals surface area contributed by atoms with E-state index in [0.717, 1.165) is 17.3 Å². The van der Waals surface area contributed by atoms with Crippen LogP contribution in [-0.2, 0) is 9.59 Å². The highest BCUT2D eigenvalue weighted by Crippen LogP contribution is 2.27. The molecule has 0 saturated carbocycles. The van der Waals surface area contributed by atoms with Gasteiger partial charge in [-0.1, -0.05) is 54.9 Å². The van der Waals surface area contributed by atoms with Crippen molar-refractivity contribution < 1.29 is 9.59 Å². The molecular weight excluding hydrogens is 462 g/mol. The first-order valence-electron chi connectivity index (χ1n) is 10.4. The predicted molar refractivity (Wildman–Crippen MR) is 132 cm³/mol. The number of nitrogens with zero attached hydrogens (tertiary/aromatic N) is 2. The van der Waals surface area contributed by atoms with Gasteiger partial charge in [-0.15, -0.1) is 10.2 Å². The van der Waals surface area contributed by atoms with Crippen molar-refractivity contribution in [1.29, 1.82) is 0 Å². The second-order valence-electron chi connectivity index (χ2n) is 7.27. The van der Waals surface area contributed by atoms with Crippen LogP contribution in [0, 0.1) is 6.92 Å². The number of aromatic amines is 1. The van der Waals surface area contributed by atoms with E-state index in [2.05, 4.69) is 25.8 Å². The van der Waals surface area contributed by atoms with Crippen molar-refractivity contribution in [2.75, 3.05) is 10.6 Å². The highest BCUT2D eigenvalue weighted by atomic mass is 35.5. The number of nitrogens with one attached hydrogen (secondary N) is 3. The maximum Gasteiger partial charge on any atom is 0.278 e. The molecule has 1 aromatic heterocycles. The Hall–Kier alpha value is -3.17. The molecule has 33 heavy (non-hydrogen) atoms. The van der Waals surface area contributed by atoms with E-state index in [4.69, 9.17) is 11.6 Å². The van der Waals surface area contributed by atoms with Crippen LogP contribution in [0.2, 0.25) is 5.02 Å². The lowest BCUT2D eigenvalue weighted by molar-refractivity contribution is -0.116. The third kappa shape index (κ3) is 6.43. The topological polar surface area (TPSA) is 117 Å². The average molecular weight is 486 g/mol. The molecule has 2 amide bonds. The maximum atomic E-state index is 12.8. The first kappa shape index (κ1) is 24.5. The SMILES string of the molecule is CCC(=O)Nc1ccc(C)cc1-c1nnc(S[C@H](CC)C(=O)Nc2cccc(Cl)c2)[nH]c1=O. The molecule has 0 fully saturated rings. The van der Waals surface area contributed by atoms with Crippen LogP contribution >= 0.6 is 23.4 Å². The Bertz CT molecular complexity index is 1230. The van der Waals surface area contributed by atoms with Crippen molar-refractivity contribution in [3.8, 4) is 11.3 Å². The van der Waals surface area contributed by atoms with Crippen LogP contribution in [0.5, 0.6) is 0 Å². The number of aromatic nitrogens is 3. The molecule has 0 aliphatic carbocycles. The molecule has 0 spiro atoms. The fourth-order valence-corrected chi connectivity index (χ4v) is 4.03. The van der Waals surface area contributed by atoms with Crippen LogP contribution in [0.15, 0.2) is 52.4 Å². The van der Waals surface area contributed by atoms with Gasteiger partial charge in [-0.2, -0.15) is 0 Å². The summed E-state index contributed by atoms with van der Waals surface area (Å²) >= 11 is 7.09. The number of halogens is 1. The molecule has 8 nitrogen and oxygen atoms in total. The molecule has 1 atom stereocenters. The van der Waals surface area contributed by atoms with Crippen molar-refractivity contribution >= 4 is 46.6 Å². The Morgan fingerprint density at radius 1 is 1.12 bits per heavy atom. The molecule has 3 N–H and O–H groups in total. The number of rotatable bonds is 8. The summed E-state index contributed by atoms with van der Waals surface area (Å²) in [5.41, 5.74) is 2.08. The van der Waals surface area contributed by atoms with Crippen molar-refractivity contribution in [2.45, 2.75) is 44.0 Å². The lowest BCUT2D eigenvalue weighted by atomic mass is 10.1. The van der Waals surface area contributed by atoms with E-state index < -0.39 is 10.8 Å². The molecule has 3 rings (SSSR count). The van der Waals surface area contributed by atoms with Crippen molar-refractivity contribution in [1.82, 2.24) is 15.2 Å². The highest BCUT2D eigenvalue weighted by Gasteiger charge is 2.21. The molecule has 0 bridgehead atoms. The molecule has 0 aliphatic heterocycles. The summed E-state index contributed by atoms with van der Waals surface area (Å²) in [5.74, 6) is -0.409. The van der Waals surface area contributed by atoms with Crippen LogP contribution in [0.3, 0.4) is 0 Å². The van der Waals surface area contributed by atoms with Crippen LogP contribution in [0.25, 0.3) is 11.3 Å². The number of benzene rings is 2. The zero-order chi connectivity index (χ0) is 24.0. The summed E-state index contributed by atoms with van der Waals surface area (Å²) in [4.78, 5) is 40.1.